The van der Waals surface area contributed by atoms with Crippen molar-refractivity contribution in [2.75, 3.05) is 0 Å². The van der Waals surface area contributed by atoms with Gasteiger partial charge in [0.2, 0.25) is 0 Å². The van der Waals surface area contributed by atoms with Crippen molar-refractivity contribution in [3.05, 3.63) is 17.2 Å². The zero-order chi connectivity index (χ0) is 7.02. The van der Waals surface area contributed by atoms with Gasteiger partial charge in [-0.05, 0) is 13.8 Å². The Hall–Kier alpha value is -0.130. The minimum absolute atomic E-state index is 0.204. The minimum Gasteiger partial charge on any atom is -0.205 e. The number of aryl methyl sites for hydroxylation is 1. The van der Waals surface area contributed by atoms with Gasteiger partial charge in [-0.2, -0.15) is 5.10 Å². The van der Waals surface area contributed by atoms with E-state index in [9.17, 15) is 4.39 Å². The Labute approximate surface area is 66.6 Å². The van der Waals surface area contributed by atoms with Gasteiger partial charge in [0.1, 0.15) is 0 Å². The highest BCUT2D eigenvalue weighted by molar-refractivity contribution is 14.1. The van der Waals surface area contributed by atoms with Crippen molar-refractivity contribution >= 4 is 22.9 Å². The van der Waals surface area contributed by atoms with Crippen LogP contribution in [0.2, 0.25) is 0 Å². The van der Waals surface area contributed by atoms with Crippen molar-refractivity contribution in [3.8, 4) is 0 Å². The summed E-state index contributed by atoms with van der Waals surface area (Å²) in [5.74, 6) is -0.204. The minimum atomic E-state index is -0.204. The first-order valence-corrected chi connectivity index (χ1v) is 3.47. The van der Waals surface area contributed by atoms with E-state index in [1.54, 1.807) is 13.8 Å². The van der Waals surface area contributed by atoms with Crippen LogP contribution < -0.4 is 0 Å². The summed E-state index contributed by atoms with van der Waals surface area (Å²) in [7, 11) is 0. The normalized spacial score (nSPS) is 10.2. The van der Waals surface area contributed by atoms with Crippen molar-refractivity contribution in [3.63, 3.8) is 0 Å². The molecule has 1 aromatic heterocycles. The molecule has 0 atom stereocenters. The molecule has 0 radical (unpaired) electrons. The van der Waals surface area contributed by atoms with Crippen LogP contribution in [0.4, 0.5) is 4.39 Å². The van der Waals surface area contributed by atoms with Crippen LogP contribution in [-0.2, 0) is 0 Å². The van der Waals surface area contributed by atoms with Gasteiger partial charge in [0.15, 0.2) is 5.82 Å². The Balaban J connectivity index is 3.29. The second-order valence-corrected chi connectivity index (χ2v) is 2.76. The molecular formula is C5H6FIN2. The van der Waals surface area contributed by atoms with Gasteiger partial charge in [0, 0.05) is 0 Å². The van der Waals surface area contributed by atoms with Gasteiger partial charge < -0.3 is 0 Å². The van der Waals surface area contributed by atoms with Crippen LogP contribution in [0.1, 0.15) is 11.4 Å². The second kappa shape index (κ2) is 2.24. The summed E-state index contributed by atoms with van der Waals surface area (Å²) in [6, 6.07) is 0. The maximum Gasteiger partial charge on any atom is 0.167 e. The number of hydrogen-bond donors (Lipinski definition) is 0. The van der Waals surface area contributed by atoms with Crippen molar-refractivity contribution in [1.82, 2.24) is 7.99 Å². The van der Waals surface area contributed by atoms with Gasteiger partial charge in [-0.25, -0.2) is 7.29 Å². The number of hydrogen-bond acceptors (Lipinski definition) is 1. The van der Waals surface area contributed by atoms with E-state index in [0.717, 1.165) is 0 Å². The number of halogens is 2. The van der Waals surface area contributed by atoms with Crippen LogP contribution in [0, 0.1) is 19.7 Å². The summed E-state index contributed by atoms with van der Waals surface area (Å²) in [6.45, 7) is 3.35. The number of rotatable bonds is 0. The molecule has 0 aliphatic rings. The molecule has 9 heavy (non-hydrogen) atoms. The molecule has 1 aromatic rings. The fourth-order valence-electron chi connectivity index (χ4n) is 0.593. The third-order valence-electron chi connectivity index (χ3n) is 1.15. The largest absolute Gasteiger partial charge is 0.205 e. The summed E-state index contributed by atoms with van der Waals surface area (Å²) in [5.41, 5.74) is 1.04. The fourth-order valence-corrected chi connectivity index (χ4v) is 1.13. The summed E-state index contributed by atoms with van der Waals surface area (Å²) in [6.07, 6.45) is 0. The van der Waals surface area contributed by atoms with E-state index >= 15 is 0 Å². The Bertz CT molecular complexity index is 209. The standard InChI is InChI=1S/C5H6FIN2/c1-3-5(6)4(2)9(7)8-3/h1-2H3. The van der Waals surface area contributed by atoms with Crippen LogP contribution in [0.3, 0.4) is 0 Å². The Kier molecular flexibility index (Phi) is 1.74. The Morgan fingerprint density at radius 3 is 2.22 bits per heavy atom. The monoisotopic (exact) mass is 240 g/mol. The predicted octanol–water partition coefficient (Wildman–Crippen LogP) is 1.84. The van der Waals surface area contributed by atoms with Crippen LogP contribution in [0.15, 0.2) is 0 Å². The molecule has 0 N–H and O–H groups in total. The van der Waals surface area contributed by atoms with Crippen LogP contribution in [0.25, 0.3) is 0 Å². The zero-order valence-electron chi connectivity index (χ0n) is 5.15. The molecule has 0 amide bonds. The summed E-state index contributed by atoms with van der Waals surface area (Å²) >= 11 is 1.94. The predicted molar refractivity (Wildman–Crippen MR) is 41.1 cm³/mol. The molecule has 0 unspecified atom stereocenters. The van der Waals surface area contributed by atoms with Crippen LogP contribution >= 0.6 is 22.9 Å². The van der Waals surface area contributed by atoms with E-state index in [1.165, 1.54) is 2.90 Å². The van der Waals surface area contributed by atoms with E-state index < -0.39 is 0 Å². The molecule has 4 heteroatoms. The molecule has 1 rings (SSSR count). The van der Waals surface area contributed by atoms with E-state index in [0.29, 0.717) is 11.4 Å². The highest BCUT2D eigenvalue weighted by Crippen LogP contribution is 2.11. The Morgan fingerprint density at radius 1 is 1.56 bits per heavy atom. The molecule has 0 saturated heterocycles. The van der Waals surface area contributed by atoms with Crippen LogP contribution in [0.5, 0.6) is 0 Å². The number of aromatic nitrogens is 2. The van der Waals surface area contributed by atoms with Gasteiger partial charge in [0.05, 0.1) is 34.3 Å². The molecule has 1 heterocycles. The lowest BCUT2D eigenvalue weighted by molar-refractivity contribution is 0.610. The summed E-state index contributed by atoms with van der Waals surface area (Å²) in [4.78, 5) is 0. The Morgan fingerprint density at radius 2 is 2.11 bits per heavy atom. The molecule has 0 bridgehead atoms. The maximum absolute atomic E-state index is 12.7. The first kappa shape index (κ1) is 6.98. The van der Waals surface area contributed by atoms with Gasteiger partial charge in [-0.3, -0.25) is 0 Å². The topological polar surface area (TPSA) is 17.8 Å². The van der Waals surface area contributed by atoms with E-state index in [-0.39, 0.29) is 5.82 Å². The smallest absolute Gasteiger partial charge is 0.167 e. The van der Waals surface area contributed by atoms with Crippen molar-refractivity contribution in [1.29, 1.82) is 0 Å². The average molecular weight is 240 g/mol. The number of nitrogens with zero attached hydrogens (tertiary/aromatic N) is 2. The lowest BCUT2D eigenvalue weighted by Gasteiger charge is -1.85. The van der Waals surface area contributed by atoms with Gasteiger partial charge in [0.25, 0.3) is 0 Å². The van der Waals surface area contributed by atoms with Gasteiger partial charge in [-0.15, -0.1) is 0 Å². The van der Waals surface area contributed by atoms with E-state index in [1.807, 2.05) is 22.9 Å². The first-order chi connectivity index (χ1) is 4.13. The van der Waals surface area contributed by atoms with E-state index in [4.69, 9.17) is 0 Å². The SMILES string of the molecule is Cc1nn(I)c(C)c1F. The molecule has 0 aliphatic heterocycles. The quantitative estimate of drug-likeness (QED) is 0.632. The van der Waals surface area contributed by atoms with Crippen molar-refractivity contribution < 1.29 is 4.39 Å². The third-order valence-corrected chi connectivity index (χ3v) is 2.09. The van der Waals surface area contributed by atoms with E-state index in [2.05, 4.69) is 5.10 Å². The van der Waals surface area contributed by atoms with Gasteiger partial charge in [-0.1, -0.05) is 0 Å². The summed E-state index contributed by atoms with van der Waals surface area (Å²) < 4.78 is 14.2. The van der Waals surface area contributed by atoms with Crippen molar-refractivity contribution in [2.24, 2.45) is 0 Å². The first-order valence-electron chi connectivity index (χ1n) is 2.51. The molecule has 0 saturated carbocycles. The molecule has 0 aliphatic carbocycles. The average Bonchev–Trinajstić information content (AvgIpc) is 1.98. The lowest BCUT2D eigenvalue weighted by atomic mass is 10.4. The fraction of sp³-hybridized carbons (Fsp3) is 0.400. The molecule has 50 valence electrons. The molecular weight excluding hydrogens is 234 g/mol. The molecule has 0 fully saturated rings. The van der Waals surface area contributed by atoms with Crippen molar-refractivity contribution in [2.45, 2.75) is 13.8 Å². The molecule has 0 aromatic carbocycles. The molecule has 2 nitrogen and oxygen atoms in total. The molecule has 0 spiro atoms. The van der Waals surface area contributed by atoms with Gasteiger partial charge >= 0.3 is 0 Å². The second-order valence-electron chi connectivity index (χ2n) is 1.84. The third kappa shape index (κ3) is 1.08. The highest BCUT2D eigenvalue weighted by Gasteiger charge is 2.07. The highest BCUT2D eigenvalue weighted by atomic mass is 127. The lowest BCUT2D eigenvalue weighted by Crippen LogP contribution is -1.83. The summed E-state index contributed by atoms with van der Waals surface area (Å²) in [5, 5.41) is 3.84. The zero-order valence-corrected chi connectivity index (χ0v) is 7.31. The maximum atomic E-state index is 12.7. The van der Waals surface area contributed by atoms with Crippen LogP contribution in [-0.4, -0.2) is 7.99 Å².